The third kappa shape index (κ3) is 3.85. The zero-order chi connectivity index (χ0) is 17.0. The van der Waals surface area contributed by atoms with Crippen LogP contribution in [0.5, 0.6) is 5.75 Å². The monoisotopic (exact) mass is 314 g/mol. The molecule has 0 radical (unpaired) electrons. The molecule has 23 heavy (non-hydrogen) atoms. The number of carbonyl (C=O) groups excluding carboxylic acids is 1. The maximum Gasteiger partial charge on any atom is 0.311 e. The lowest BCUT2D eigenvalue weighted by atomic mass is 10.2. The summed E-state index contributed by atoms with van der Waals surface area (Å²) in [5, 5.41) is 11.1. The van der Waals surface area contributed by atoms with Crippen LogP contribution in [0.15, 0.2) is 48.5 Å². The fraction of sp³-hybridized carbons (Fsp3) is 0.235. The van der Waals surface area contributed by atoms with Gasteiger partial charge >= 0.3 is 5.69 Å². The second-order valence-electron chi connectivity index (χ2n) is 5.22. The van der Waals surface area contributed by atoms with Crippen LogP contribution in [0, 0.1) is 17.0 Å². The lowest BCUT2D eigenvalue weighted by Crippen LogP contribution is -2.38. The van der Waals surface area contributed by atoms with E-state index in [1.54, 1.807) is 39.1 Å². The van der Waals surface area contributed by atoms with Crippen molar-refractivity contribution in [1.82, 2.24) is 0 Å². The zero-order valence-corrected chi connectivity index (χ0v) is 13.2. The van der Waals surface area contributed by atoms with Gasteiger partial charge in [-0.05, 0) is 37.6 Å². The highest BCUT2D eigenvalue weighted by atomic mass is 16.6. The fourth-order valence-electron chi connectivity index (χ4n) is 2.16. The predicted octanol–water partition coefficient (Wildman–Crippen LogP) is 3.33. The van der Waals surface area contributed by atoms with Crippen LogP contribution in [0.3, 0.4) is 0 Å². The molecule has 0 aliphatic rings. The number of nitro benzene ring substituents is 1. The Balaban J connectivity index is 2.17. The van der Waals surface area contributed by atoms with Crippen LogP contribution in [-0.2, 0) is 4.79 Å². The highest BCUT2D eigenvalue weighted by Crippen LogP contribution is 2.29. The van der Waals surface area contributed by atoms with E-state index in [-0.39, 0.29) is 17.3 Å². The van der Waals surface area contributed by atoms with Gasteiger partial charge in [0.05, 0.1) is 4.92 Å². The van der Waals surface area contributed by atoms with E-state index in [0.29, 0.717) is 0 Å². The van der Waals surface area contributed by atoms with Crippen molar-refractivity contribution < 1.29 is 14.5 Å². The number of likely N-dealkylation sites (N-methyl/N-ethyl adjacent to an activating group) is 1. The minimum Gasteiger partial charge on any atom is -0.474 e. The lowest BCUT2D eigenvalue weighted by Gasteiger charge is -2.22. The molecule has 1 amide bonds. The van der Waals surface area contributed by atoms with Gasteiger partial charge in [-0.15, -0.1) is 0 Å². The normalized spacial score (nSPS) is 11.6. The molecule has 1 atom stereocenters. The van der Waals surface area contributed by atoms with E-state index < -0.39 is 11.0 Å². The number of para-hydroxylation sites is 1. The molecule has 0 fully saturated rings. The van der Waals surface area contributed by atoms with Gasteiger partial charge in [-0.3, -0.25) is 14.9 Å². The number of aryl methyl sites for hydroxylation is 1. The molecule has 0 aromatic heterocycles. The Kier molecular flexibility index (Phi) is 4.95. The summed E-state index contributed by atoms with van der Waals surface area (Å²) in [6.07, 6.45) is -0.846. The molecule has 0 aliphatic heterocycles. The molecule has 0 N–H and O–H groups in total. The number of benzene rings is 2. The number of hydrogen-bond donors (Lipinski definition) is 0. The Morgan fingerprint density at radius 2 is 1.87 bits per heavy atom. The van der Waals surface area contributed by atoms with Gasteiger partial charge in [-0.2, -0.15) is 0 Å². The Morgan fingerprint density at radius 1 is 1.22 bits per heavy atom. The van der Waals surface area contributed by atoms with Crippen molar-refractivity contribution in [3.63, 3.8) is 0 Å². The van der Waals surface area contributed by atoms with Gasteiger partial charge in [0.15, 0.2) is 11.9 Å². The minimum atomic E-state index is -0.846. The predicted molar refractivity (Wildman–Crippen MR) is 87.8 cm³/mol. The number of carbonyl (C=O) groups is 1. The number of anilines is 1. The first kappa shape index (κ1) is 16.5. The molecular formula is C17H18N2O4. The van der Waals surface area contributed by atoms with E-state index in [9.17, 15) is 14.9 Å². The summed E-state index contributed by atoms with van der Waals surface area (Å²) >= 11 is 0. The van der Waals surface area contributed by atoms with Crippen molar-refractivity contribution in [2.45, 2.75) is 20.0 Å². The Bertz CT molecular complexity index is 716. The van der Waals surface area contributed by atoms with Crippen LogP contribution in [0.25, 0.3) is 0 Å². The first-order chi connectivity index (χ1) is 10.9. The van der Waals surface area contributed by atoms with Crippen molar-refractivity contribution in [1.29, 1.82) is 0 Å². The number of nitro groups is 1. The molecule has 2 rings (SSSR count). The standard InChI is InChI=1S/C17H18N2O4/c1-12-9-10-16(15(11-12)19(21)22)23-13(2)17(20)18(3)14-7-5-4-6-8-14/h4-11,13H,1-3H3/t13-/m1/s1. The summed E-state index contributed by atoms with van der Waals surface area (Å²) < 4.78 is 5.53. The van der Waals surface area contributed by atoms with Gasteiger partial charge in [0.25, 0.3) is 5.91 Å². The van der Waals surface area contributed by atoms with Gasteiger partial charge < -0.3 is 9.64 Å². The van der Waals surface area contributed by atoms with Crippen molar-refractivity contribution in [3.8, 4) is 5.75 Å². The Morgan fingerprint density at radius 3 is 2.48 bits per heavy atom. The first-order valence-electron chi connectivity index (χ1n) is 7.14. The van der Waals surface area contributed by atoms with Crippen LogP contribution >= 0.6 is 0 Å². The summed E-state index contributed by atoms with van der Waals surface area (Å²) in [5.74, 6) is -0.200. The highest BCUT2D eigenvalue weighted by Gasteiger charge is 2.24. The van der Waals surface area contributed by atoms with E-state index >= 15 is 0 Å². The third-order valence-electron chi connectivity index (χ3n) is 3.44. The number of nitrogens with zero attached hydrogens (tertiary/aromatic N) is 2. The van der Waals surface area contributed by atoms with Crippen LogP contribution in [-0.4, -0.2) is 24.0 Å². The van der Waals surface area contributed by atoms with E-state index in [2.05, 4.69) is 0 Å². The highest BCUT2D eigenvalue weighted by molar-refractivity contribution is 5.96. The molecule has 120 valence electrons. The molecule has 0 saturated carbocycles. The molecule has 6 nitrogen and oxygen atoms in total. The summed E-state index contributed by atoms with van der Waals surface area (Å²) in [5.41, 5.74) is 1.34. The first-order valence-corrected chi connectivity index (χ1v) is 7.14. The molecule has 0 bridgehead atoms. The van der Waals surface area contributed by atoms with Gasteiger partial charge in [0.2, 0.25) is 0 Å². The Hall–Kier alpha value is -2.89. The average molecular weight is 314 g/mol. The largest absolute Gasteiger partial charge is 0.474 e. The molecule has 0 spiro atoms. The molecule has 2 aromatic carbocycles. The molecule has 0 saturated heterocycles. The van der Waals surface area contributed by atoms with E-state index in [4.69, 9.17) is 4.74 Å². The number of amides is 1. The molecule has 0 unspecified atom stereocenters. The second-order valence-corrected chi connectivity index (χ2v) is 5.22. The molecule has 6 heteroatoms. The fourth-order valence-corrected chi connectivity index (χ4v) is 2.16. The quantitative estimate of drug-likeness (QED) is 0.627. The van der Waals surface area contributed by atoms with Crippen molar-refractivity contribution in [3.05, 3.63) is 64.2 Å². The summed E-state index contributed by atoms with van der Waals surface area (Å²) in [4.78, 5) is 24.5. The summed E-state index contributed by atoms with van der Waals surface area (Å²) in [6, 6.07) is 13.8. The van der Waals surface area contributed by atoms with Crippen LogP contribution in [0.4, 0.5) is 11.4 Å². The van der Waals surface area contributed by atoms with Crippen LogP contribution in [0.1, 0.15) is 12.5 Å². The number of ether oxygens (including phenoxy) is 1. The van der Waals surface area contributed by atoms with E-state index in [1.807, 2.05) is 18.2 Å². The topological polar surface area (TPSA) is 72.7 Å². The van der Waals surface area contributed by atoms with Gasteiger partial charge in [0, 0.05) is 18.8 Å². The average Bonchev–Trinajstić information content (AvgIpc) is 2.55. The Labute approximate surface area is 134 Å². The van der Waals surface area contributed by atoms with Crippen molar-refractivity contribution in [2.24, 2.45) is 0 Å². The SMILES string of the molecule is Cc1ccc(O[C@H](C)C(=O)N(C)c2ccccc2)c([N+](=O)[O-])c1. The van der Waals surface area contributed by atoms with Gasteiger partial charge in [0.1, 0.15) is 0 Å². The number of rotatable bonds is 5. The maximum atomic E-state index is 12.4. The van der Waals surface area contributed by atoms with Gasteiger partial charge in [-0.1, -0.05) is 24.3 Å². The van der Waals surface area contributed by atoms with Crippen LogP contribution < -0.4 is 9.64 Å². The number of hydrogen-bond acceptors (Lipinski definition) is 4. The molecule has 0 heterocycles. The molecule has 2 aromatic rings. The summed E-state index contributed by atoms with van der Waals surface area (Å²) in [6.45, 7) is 3.33. The van der Waals surface area contributed by atoms with Crippen molar-refractivity contribution >= 4 is 17.3 Å². The third-order valence-corrected chi connectivity index (χ3v) is 3.44. The molecule has 0 aliphatic carbocycles. The van der Waals surface area contributed by atoms with E-state index in [1.165, 1.54) is 17.0 Å². The van der Waals surface area contributed by atoms with E-state index in [0.717, 1.165) is 11.3 Å². The van der Waals surface area contributed by atoms with Crippen molar-refractivity contribution in [2.75, 3.05) is 11.9 Å². The molecular weight excluding hydrogens is 296 g/mol. The van der Waals surface area contributed by atoms with Crippen LogP contribution in [0.2, 0.25) is 0 Å². The zero-order valence-electron chi connectivity index (χ0n) is 13.2. The summed E-state index contributed by atoms with van der Waals surface area (Å²) in [7, 11) is 1.64. The maximum absolute atomic E-state index is 12.4. The minimum absolute atomic E-state index is 0.0860. The van der Waals surface area contributed by atoms with Gasteiger partial charge in [-0.25, -0.2) is 0 Å². The second kappa shape index (κ2) is 6.91. The smallest absolute Gasteiger partial charge is 0.311 e. The lowest BCUT2D eigenvalue weighted by molar-refractivity contribution is -0.386.